The molecule has 1 aliphatic heterocycles. The number of anilines is 1. The molecule has 0 bridgehead atoms. The first kappa shape index (κ1) is 10.3. The fraction of sp³-hybridized carbons (Fsp3) is 0.200. The average molecular weight is 222 g/mol. The number of nitrogens with one attached hydrogen (secondary N) is 1. The maximum atomic E-state index is 11.6. The zero-order valence-corrected chi connectivity index (χ0v) is 8.30. The fourth-order valence-electron chi connectivity index (χ4n) is 1.38. The molecule has 2 amide bonds. The zero-order valence-electron chi connectivity index (χ0n) is 8.30. The molecule has 6 nitrogen and oxygen atoms in total. The summed E-state index contributed by atoms with van der Waals surface area (Å²) in [5.74, 6) is 0.0789. The number of ether oxygens (including phenoxy) is 2. The highest BCUT2D eigenvalue weighted by atomic mass is 16.6. The molecule has 0 aliphatic carbocycles. The van der Waals surface area contributed by atoms with E-state index in [4.69, 9.17) is 10.5 Å². The van der Waals surface area contributed by atoms with E-state index in [0.29, 0.717) is 11.4 Å². The van der Waals surface area contributed by atoms with Gasteiger partial charge in [0.1, 0.15) is 12.4 Å². The number of amides is 2. The quantitative estimate of drug-likeness (QED) is 0.723. The van der Waals surface area contributed by atoms with Gasteiger partial charge in [-0.25, -0.2) is 4.79 Å². The monoisotopic (exact) mass is 222 g/mol. The molecule has 1 heterocycles. The highest BCUT2D eigenvalue weighted by Gasteiger charge is 2.27. The Balaban J connectivity index is 2.18. The van der Waals surface area contributed by atoms with E-state index in [9.17, 15) is 9.59 Å². The second kappa shape index (κ2) is 4.09. The second-order valence-corrected chi connectivity index (χ2v) is 3.22. The Hall–Kier alpha value is -2.24. The van der Waals surface area contributed by atoms with Crippen molar-refractivity contribution in [3.05, 3.63) is 24.3 Å². The standard InChI is InChI=1S/C10H10N2O4/c11-10(14)16-8-5-15-7-4-2-1-3-6(7)12-9(8)13/h1-4,8H,5H2,(H2,11,14)(H,12,13)/t8-/m0/s1. The van der Waals surface area contributed by atoms with Gasteiger partial charge in [-0.15, -0.1) is 0 Å². The number of carbonyl (C=O) groups excluding carboxylic acids is 2. The summed E-state index contributed by atoms with van der Waals surface area (Å²) in [6.45, 7) is -0.0498. The van der Waals surface area contributed by atoms with Crippen molar-refractivity contribution in [2.24, 2.45) is 5.73 Å². The molecule has 3 N–H and O–H groups in total. The normalized spacial score (nSPS) is 18.8. The molecule has 0 aromatic heterocycles. The van der Waals surface area contributed by atoms with Crippen LogP contribution in [0.1, 0.15) is 0 Å². The summed E-state index contributed by atoms with van der Waals surface area (Å²) >= 11 is 0. The Morgan fingerprint density at radius 2 is 2.25 bits per heavy atom. The van der Waals surface area contributed by atoms with Gasteiger partial charge in [0.25, 0.3) is 5.91 Å². The topological polar surface area (TPSA) is 90.7 Å². The van der Waals surface area contributed by atoms with Gasteiger partial charge in [-0.05, 0) is 12.1 Å². The first-order chi connectivity index (χ1) is 7.66. The van der Waals surface area contributed by atoms with Crippen LogP contribution in [0.3, 0.4) is 0 Å². The summed E-state index contributed by atoms with van der Waals surface area (Å²) in [6.07, 6.45) is -2.03. The Labute approximate surface area is 91.3 Å². The summed E-state index contributed by atoms with van der Waals surface area (Å²) < 4.78 is 9.93. The number of carbonyl (C=O) groups is 2. The van der Waals surface area contributed by atoms with Crippen molar-refractivity contribution in [3.63, 3.8) is 0 Å². The van der Waals surface area contributed by atoms with E-state index in [1.54, 1.807) is 24.3 Å². The third-order valence-corrected chi connectivity index (χ3v) is 2.09. The minimum atomic E-state index is -1.02. The zero-order chi connectivity index (χ0) is 11.5. The van der Waals surface area contributed by atoms with Gasteiger partial charge < -0.3 is 20.5 Å². The molecule has 2 rings (SSSR count). The van der Waals surface area contributed by atoms with E-state index in [0.717, 1.165) is 0 Å². The molecular formula is C10H10N2O4. The maximum Gasteiger partial charge on any atom is 0.405 e. The summed E-state index contributed by atoms with van der Waals surface area (Å²) in [5.41, 5.74) is 5.39. The van der Waals surface area contributed by atoms with Crippen molar-refractivity contribution >= 4 is 17.7 Å². The van der Waals surface area contributed by atoms with Crippen LogP contribution in [0.2, 0.25) is 0 Å². The fourth-order valence-corrected chi connectivity index (χ4v) is 1.38. The Bertz CT molecular complexity index is 433. The molecule has 1 aromatic rings. The van der Waals surface area contributed by atoms with Crippen LogP contribution in [0.4, 0.5) is 10.5 Å². The number of benzene rings is 1. The lowest BCUT2D eigenvalue weighted by Crippen LogP contribution is -2.36. The average Bonchev–Trinajstić information content (AvgIpc) is 2.39. The predicted molar refractivity (Wildman–Crippen MR) is 55.0 cm³/mol. The number of hydrogen-bond donors (Lipinski definition) is 2. The summed E-state index contributed by atoms with van der Waals surface area (Å²) in [5, 5.41) is 2.58. The number of nitrogens with two attached hydrogens (primary N) is 1. The Morgan fingerprint density at radius 3 is 3.00 bits per heavy atom. The van der Waals surface area contributed by atoms with E-state index < -0.39 is 18.1 Å². The molecule has 0 fully saturated rings. The summed E-state index contributed by atoms with van der Waals surface area (Å²) in [4.78, 5) is 22.2. The molecule has 0 saturated heterocycles. The summed E-state index contributed by atoms with van der Waals surface area (Å²) in [7, 11) is 0. The minimum Gasteiger partial charge on any atom is -0.487 e. The van der Waals surface area contributed by atoms with Gasteiger partial charge in [0.2, 0.25) is 6.10 Å². The Kier molecular flexibility index (Phi) is 2.63. The van der Waals surface area contributed by atoms with E-state index in [1.807, 2.05) is 0 Å². The van der Waals surface area contributed by atoms with E-state index in [-0.39, 0.29) is 6.61 Å². The summed E-state index contributed by atoms with van der Waals surface area (Å²) in [6, 6.07) is 6.94. The van der Waals surface area contributed by atoms with Gasteiger partial charge >= 0.3 is 6.09 Å². The van der Waals surface area contributed by atoms with E-state index >= 15 is 0 Å². The molecule has 1 atom stereocenters. The molecule has 0 saturated carbocycles. The van der Waals surface area contributed by atoms with Gasteiger partial charge in [-0.3, -0.25) is 4.79 Å². The molecule has 0 spiro atoms. The number of fused-ring (bicyclic) bond motifs is 1. The first-order valence-corrected chi connectivity index (χ1v) is 4.65. The van der Waals surface area contributed by atoms with Crippen LogP contribution in [0.15, 0.2) is 24.3 Å². The van der Waals surface area contributed by atoms with Crippen LogP contribution in [0.5, 0.6) is 5.75 Å². The van der Waals surface area contributed by atoms with Gasteiger partial charge in [-0.2, -0.15) is 0 Å². The number of rotatable bonds is 1. The molecule has 6 heteroatoms. The van der Waals surface area contributed by atoms with Gasteiger partial charge in [0, 0.05) is 0 Å². The van der Waals surface area contributed by atoms with Crippen molar-refractivity contribution in [3.8, 4) is 5.75 Å². The highest BCUT2D eigenvalue weighted by Crippen LogP contribution is 2.26. The molecule has 1 aromatic carbocycles. The molecule has 1 aliphatic rings. The lowest BCUT2D eigenvalue weighted by Gasteiger charge is -2.11. The van der Waals surface area contributed by atoms with Crippen molar-refractivity contribution in [1.29, 1.82) is 0 Å². The number of primary amides is 1. The molecule has 84 valence electrons. The van der Waals surface area contributed by atoms with Crippen LogP contribution < -0.4 is 15.8 Å². The van der Waals surface area contributed by atoms with E-state index in [2.05, 4.69) is 10.1 Å². The van der Waals surface area contributed by atoms with E-state index in [1.165, 1.54) is 0 Å². The van der Waals surface area contributed by atoms with Crippen LogP contribution in [-0.2, 0) is 9.53 Å². The highest BCUT2D eigenvalue weighted by molar-refractivity contribution is 5.97. The number of hydrogen-bond acceptors (Lipinski definition) is 4. The van der Waals surface area contributed by atoms with Crippen LogP contribution >= 0.6 is 0 Å². The molecular weight excluding hydrogens is 212 g/mol. The maximum absolute atomic E-state index is 11.6. The van der Waals surface area contributed by atoms with Crippen molar-refractivity contribution in [2.75, 3.05) is 11.9 Å². The van der Waals surface area contributed by atoms with Crippen molar-refractivity contribution in [1.82, 2.24) is 0 Å². The largest absolute Gasteiger partial charge is 0.487 e. The second-order valence-electron chi connectivity index (χ2n) is 3.22. The smallest absolute Gasteiger partial charge is 0.405 e. The molecule has 0 radical (unpaired) electrons. The Morgan fingerprint density at radius 1 is 1.50 bits per heavy atom. The third kappa shape index (κ3) is 2.05. The van der Waals surface area contributed by atoms with Gasteiger partial charge in [-0.1, -0.05) is 12.1 Å². The lowest BCUT2D eigenvalue weighted by molar-refractivity contribution is -0.125. The number of para-hydroxylation sites is 2. The third-order valence-electron chi connectivity index (χ3n) is 2.09. The predicted octanol–water partition coefficient (Wildman–Crippen LogP) is 0.481. The molecule has 16 heavy (non-hydrogen) atoms. The lowest BCUT2D eigenvalue weighted by atomic mass is 10.3. The van der Waals surface area contributed by atoms with Crippen LogP contribution in [0, 0.1) is 0 Å². The molecule has 0 unspecified atom stereocenters. The van der Waals surface area contributed by atoms with Gasteiger partial charge in [0.05, 0.1) is 5.69 Å². The SMILES string of the molecule is NC(=O)O[C@H]1COc2ccccc2NC1=O. The minimum absolute atomic E-state index is 0.0498. The van der Waals surface area contributed by atoms with Crippen LogP contribution in [-0.4, -0.2) is 24.7 Å². The van der Waals surface area contributed by atoms with Crippen molar-refractivity contribution in [2.45, 2.75) is 6.10 Å². The first-order valence-electron chi connectivity index (χ1n) is 4.65. The van der Waals surface area contributed by atoms with Gasteiger partial charge in [0.15, 0.2) is 0 Å². The van der Waals surface area contributed by atoms with Crippen LogP contribution in [0.25, 0.3) is 0 Å². The van der Waals surface area contributed by atoms with Crippen molar-refractivity contribution < 1.29 is 19.1 Å².